The molecule has 0 radical (unpaired) electrons. The zero-order chi connectivity index (χ0) is 21.5. The third kappa shape index (κ3) is 3.59. The maximum absolute atomic E-state index is 13.4. The Hall–Kier alpha value is -2.78. The molecule has 0 bridgehead atoms. The molecule has 4 rings (SSSR count). The fourth-order valence-electron chi connectivity index (χ4n) is 3.89. The quantitative estimate of drug-likeness (QED) is 0.691. The molecule has 0 spiro atoms. The fraction of sp³-hybridized carbons (Fsp3) is 0.333. The largest absolute Gasteiger partial charge is 0.445 e. The summed E-state index contributed by atoms with van der Waals surface area (Å²) in [7, 11) is -3.85. The van der Waals surface area contributed by atoms with Gasteiger partial charge in [-0.25, -0.2) is 17.6 Å². The zero-order valence-corrected chi connectivity index (χ0v) is 17.2. The maximum Gasteiger partial charge on any atom is 0.339 e. The van der Waals surface area contributed by atoms with Crippen LogP contribution in [-0.2, 0) is 26.0 Å². The molecule has 2 heterocycles. The van der Waals surface area contributed by atoms with E-state index >= 15 is 0 Å². The van der Waals surface area contributed by atoms with Crippen molar-refractivity contribution in [2.45, 2.75) is 23.8 Å². The van der Waals surface area contributed by atoms with Gasteiger partial charge >= 0.3 is 5.97 Å². The number of ether oxygens (including phenoxy) is 1. The molecule has 1 amide bonds. The molecule has 0 N–H and O–H groups in total. The van der Waals surface area contributed by atoms with Gasteiger partial charge < -0.3 is 9.64 Å². The lowest BCUT2D eigenvalue weighted by molar-refractivity contribution is -0.152. The normalized spacial score (nSPS) is 22.3. The molecular formula is C21H21FN2O5S. The van der Waals surface area contributed by atoms with Crippen LogP contribution in [-0.4, -0.2) is 61.3 Å². The summed E-state index contributed by atoms with van der Waals surface area (Å²) in [6.07, 6.45) is 0.259. The average molecular weight is 432 g/mol. The highest BCUT2D eigenvalue weighted by Crippen LogP contribution is 2.30. The summed E-state index contributed by atoms with van der Waals surface area (Å²) < 4.78 is 45.7. The van der Waals surface area contributed by atoms with Crippen LogP contribution in [0.1, 0.15) is 22.8 Å². The number of piperazine rings is 1. The summed E-state index contributed by atoms with van der Waals surface area (Å²) in [4.78, 5) is 26.9. The van der Waals surface area contributed by atoms with E-state index in [9.17, 15) is 22.4 Å². The second-order valence-corrected chi connectivity index (χ2v) is 9.55. The second kappa shape index (κ2) is 7.48. The fourth-order valence-corrected chi connectivity index (χ4v) is 5.35. The van der Waals surface area contributed by atoms with Crippen molar-refractivity contribution in [1.82, 2.24) is 9.21 Å². The van der Waals surface area contributed by atoms with Gasteiger partial charge in [-0.2, -0.15) is 4.31 Å². The van der Waals surface area contributed by atoms with E-state index in [1.165, 1.54) is 27.4 Å². The maximum atomic E-state index is 13.4. The molecule has 1 saturated heterocycles. The van der Waals surface area contributed by atoms with Crippen molar-refractivity contribution < 1.29 is 27.1 Å². The molecule has 158 valence electrons. The van der Waals surface area contributed by atoms with Gasteiger partial charge in [-0.1, -0.05) is 24.3 Å². The first kappa shape index (κ1) is 20.5. The summed E-state index contributed by atoms with van der Waals surface area (Å²) in [5.74, 6) is -1.52. The van der Waals surface area contributed by atoms with Crippen molar-refractivity contribution in [3.63, 3.8) is 0 Å². The molecule has 0 aromatic heterocycles. The van der Waals surface area contributed by atoms with E-state index in [1.54, 1.807) is 31.2 Å². The number of benzene rings is 2. The summed E-state index contributed by atoms with van der Waals surface area (Å²) in [5, 5.41) is 0. The molecule has 1 atom stereocenters. The van der Waals surface area contributed by atoms with Crippen LogP contribution in [0.25, 0.3) is 0 Å². The first-order valence-electron chi connectivity index (χ1n) is 9.57. The van der Waals surface area contributed by atoms with Gasteiger partial charge in [0.1, 0.15) is 5.82 Å². The number of rotatable bonds is 3. The highest BCUT2D eigenvalue weighted by molar-refractivity contribution is 7.89. The van der Waals surface area contributed by atoms with Gasteiger partial charge in [-0.15, -0.1) is 0 Å². The number of fused-ring (bicyclic) bond motifs is 1. The second-order valence-electron chi connectivity index (χ2n) is 7.61. The van der Waals surface area contributed by atoms with Crippen LogP contribution in [0.3, 0.4) is 0 Å². The third-order valence-corrected chi connectivity index (χ3v) is 7.39. The van der Waals surface area contributed by atoms with E-state index in [0.717, 1.165) is 11.6 Å². The Labute approximate surface area is 174 Å². The van der Waals surface area contributed by atoms with Crippen molar-refractivity contribution in [2.24, 2.45) is 0 Å². The van der Waals surface area contributed by atoms with Crippen molar-refractivity contribution >= 4 is 21.9 Å². The molecule has 30 heavy (non-hydrogen) atoms. The summed E-state index contributed by atoms with van der Waals surface area (Å²) in [5.41, 5.74) is -0.139. The standard InChI is InChI=1S/C21H21FN2O5S/c1-21(14-15-5-2-3-8-18(15)19(25)29-21)20(26)23-9-11-24(12-10-23)30(27,28)17-7-4-6-16(22)13-17/h2-8,13H,9-12,14H2,1H3. The number of sulfonamides is 1. The van der Waals surface area contributed by atoms with E-state index < -0.39 is 27.4 Å². The van der Waals surface area contributed by atoms with E-state index in [4.69, 9.17) is 4.74 Å². The Morgan fingerprint density at radius 2 is 1.77 bits per heavy atom. The Morgan fingerprint density at radius 3 is 2.47 bits per heavy atom. The Kier molecular flexibility index (Phi) is 5.11. The average Bonchev–Trinajstić information content (AvgIpc) is 2.73. The van der Waals surface area contributed by atoms with E-state index in [1.807, 2.05) is 0 Å². The van der Waals surface area contributed by atoms with Crippen LogP contribution in [0, 0.1) is 5.82 Å². The lowest BCUT2D eigenvalue weighted by Crippen LogP contribution is -2.58. The van der Waals surface area contributed by atoms with Gasteiger partial charge in [-0.3, -0.25) is 4.79 Å². The van der Waals surface area contributed by atoms with Crippen molar-refractivity contribution in [3.8, 4) is 0 Å². The summed E-state index contributed by atoms with van der Waals surface area (Å²) in [6, 6.07) is 11.9. The van der Waals surface area contributed by atoms with Crippen LogP contribution >= 0.6 is 0 Å². The minimum absolute atomic E-state index is 0.0746. The van der Waals surface area contributed by atoms with E-state index in [2.05, 4.69) is 0 Å². The Bertz CT molecular complexity index is 1110. The predicted molar refractivity (Wildman–Crippen MR) is 106 cm³/mol. The summed E-state index contributed by atoms with van der Waals surface area (Å²) >= 11 is 0. The van der Waals surface area contributed by atoms with Crippen molar-refractivity contribution in [2.75, 3.05) is 26.2 Å². The van der Waals surface area contributed by atoms with Gasteiger partial charge in [0, 0.05) is 32.6 Å². The molecule has 0 saturated carbocycles. The molecular weight excluding hydrogens is 411 g/mol. The topological polar surface area (TPSA) is 84.0 Å². The van der Waals surface area contributed by atoms with Crippen LogP contribution in [0.2, 0.25) is 0 Å². The molecule has 2 aromatic rings. The van der Waals surface area contributed by atoms with Gasteiger partial charge in [0.05, 0.1) is 10.5 Å². The van der Waals surface area contributed by atoms with E-state index in [-0.39, 0.29) is 43.4 Å². The monoisotopic (exact) mass is 432 g/mol. The molecule has 2 aliphatic heterocycles. The first-order valence-corrected chi connectivity index (χ1v) is 11.0. The Morgan fingerprint density at radius 1 is 1.07 bits per heavy atom. The summed E-state index contributed by atoms with van der Waals surface area (Å²) in [6.45, 7) is 2.04. The molecule has 7 nitrogen and oxygen atoms in total. The predicted octanol–water partition coefficient (Wildman–Crippen LogP) is 1.83. The van der Waals surface area contributed by atoms with Gasteiger partial charge in [0.15, 0.2) is 5.60 Å². The molecule has 0 aliphatic carbocycles. The number of cyclic esters (lactones) is 1. The first-order chi connectivity index (χ1) is 14.2. The number of amides is 1. The molecule has 1 unspecified atom stereocenters. The van der Waals surface area contributed by atoms with Gasteiger partial charge in [-0.05, 0) is 36.8 Å². The van der Waals surface area contributed by atoms with Crippen LogP contribution in [0.5, 0.6) is 0 Å². The SMILES string of the molecule is CC1(C(=O)N2CCN(S(=O)(=O)c3cccc(F)c3)CC2)Cc2ccccc2C(=O)O1. The lowest BCUT2D eigenvalue weighted by atomic mass is 9.89. The number of carbonyl (C=O) groups excluding carboxylic acids is 2. The number of nitrogens with zero attached hydrogens (tertiary/aromatic N) is 2. The highest BCUT2D eigenvalue weighted by Gasteiger charge is 2.45. The van der Waals surface area contributed by atoms with Gasteiger partial charge in [0.2, 0.25) is 10.0 Å². The number of esters is 1. The van der Waals surface area contributed by atoms with Crippen molar-refractivity contribution in [3.05, 3.63) is 65.5 Å². The molecule has 9 heteroatoms. The number of hydrogen-bond donors (Lipinski definition) is 0. The van der Waals surface area contributed by atoms with Crippen LogP contribution < -0.4 is 0 Å². The van der Waals surface area contributed by atoms with Crippen molar-refractivity contribution in [1.29, 1.82) is 0 Å². The number of hydrogen-bond acceptors (Lipinski definition) is 5. The van der Waals surface area contributed by atoms with Crippen LogP contribution in [0.4, 0.5) is 4.39 Å². The van der Waals surface area contributed by atoms with Gasteiger partial charge in [0.25, 0.3) is 5.91 Å². The number of carbonyl (C=O) groups is 2. The lowest BCUT2D eigenvalue weighted by Gasteiger charge is -2.40. The minimum atomic E-state index is -3.85. The molecule has 1 fully saturated rings. The number of halogens is 1. The van der Waals surface area contributed by atoms with Crippen LogP contribution in [0.15, 0.2) is 53.4 Å². The van der Waals surface area contributed by atoms with E-state index in [0.29, 0.717) is 5.56 Å². The molecule has 2 aromatic carbocycles. The third-order valence-electron chi connectivity index (χ3n) is 5.50. The smallest absolute Gasteiger partial charge is 0.339 e. The minimum Gasteiger partial charge on any atom is -0.445 e. The highest BCUT2D eigenvalue weighted by atomic mass is 32.2. The zero-order valence-electron chi connectivity index (χ0n) is 16.4. The molecule has 2 aliphatic rings. The Balaban J connectivity index is 1.47.